The lowest BCUT2D eigenvalue weighted by molar-refractivity contribution is 0.478. The number of nitrogens with one attached hydrogen (secondary N) is 1. The van der Waals surface area contributed by atoms with Crippen molar-refractivity contribution in [3.8, 4) is 0 Å². The Bertz CT molecular complexity index is 325. The van der Waals surface area contributed by atoms with Crippen LogP contribution >= 0.6 is 11.6 Å². The number of hydrazine groups is 1. The summed E-state index contributed by atoms with van der Waals surface area (Å²) in [5.41, 5.74) is 4.07. The van der Waals surface area contributed by atoms with E-state index in [-0.39, 0.29) is 0 Å². The van der Waals surface area contributed by atoms with Crippen LogP contribution in [-0.2, 0) is 6.42 Å². The van der Waals surface area contributed by atoms with Crippen LogP contribution in [0.2, 0.25) is 5.02 Å². The lowest BCUT2D eigenvalue weighted by Crippen LogP contribution is -2.36. The van der Waals surface area contributed by atoms with Crippen LogP contribution in [0.25, 0.3) is 0 Å². The van der Waals surface area contributed by atoms with Crippen molar-refractivity contribution in [1.29, 1.82) is 0 Å². The first-order valence-corrected chi connectivity index (χ1v) is 5.95. The van der Waals surface area contributed by atoms with Gasteiger partial charge in [-0.25, -0.2) is 0 Å². The molecule has 0 fully saturated rings. The van der Waals surface area contributed by atoms with E-state index in [2.05, 4.69) is 18.1 Å². The molecule has 0 spiro atoms. The molecule has 16 heavy (non-hydrogen) atoms. The van der Waals surface area contributed by atoms with Gasteiger partial charge >= 0.3 is 0 Å². The summed E-state index contributed by atoms with van der Waals surface area (Å²) in [6, 6.07) is 8.21. The number of hydrogen-bond donors (Lipinski definition) is 2. The molecule has 0 heterocycles. The molecule has 0 saturated carbocycles. The fourth-order valence-electron chi connectivity index (χ4n) is 1.70. The highest BCUT2D eigenvalue weighted by Crippen LogP contribution is 2.14. The topological polar surface area (TPSA) is 38.0 Å². The van der Waals surface area contributed by atoms with Gasteiger partial charge in [-0.15, -0.1) is 6.58 Å². The molecule has 1 aromatic carbocycles. The van der Waals surface area contributed by atoms with Gasteiger partial charge in [0.25, 0.3) is 0 Å². The van der Waals surface area contributed by atoms with Gasteiger partial charge in [0.05, 0.1) is 0 Å². The van der Waals surface area contributed by atoms with E-state index in [4.69, 9.17) is 17.4 Å². The van der Waals surface area contributed by atoms with Gasteiger partial charge in [0.15, 0.2) is 0 Å². The Morgan fingerprint density at radius 1 is 1.50 bits per heavy atom. The zero-order valence-corrected chi connectivity index (χ0v) is 10.2. The van der Waals surface area contributed by atoms with Gasteiger partial charge in [-0.3, -0.25) is 11.3 Å². The second-order valence-corrected chi connectivity index (χ2v) is 4.35. The fourth-order valence-corrected chi connectivity index (χ4v) is 1.91. The molecule has 2 nitrogen and oxygen atoms in total. The molecule has 0 amide bonds. The molecule has 3 heteroatoms. The van der Waals surface area contributed by atoms with Crippen molar-refractivity contribution in [3.63, 3.8) is 0 Å². The highest BCUT2D eigenvalue weighted by molar-refractivity contribution is 6.30. The lowest BCUT2D eigenvalue weighted by Gasteiger charge is -2.15. The zero-order valence-electron chi connectivity index (χ0n) is 9.45. The molecule has 1 atom stereocenters. The molecule has 88 valence electrons. The van der Waals surface area contributed by atoms with Gasteiger partial charge in [-0.05, 0) is 43.4 Å². The van der Waals surface area contributed by atoms with E-state index in [0.29, 0.717) is 6.04 Å². The summed E-state index contributed by atoms with van der Waals surface area (Å²) in [6.07, 6.45) is 6.04. The first-order chi connectivity index (χ1) is 7.76. The van der Waals surface area contributed by atoms with Gasteiger partial charge in [0.2, 0.25) is 0 Å². The maximum Gasteiger partial charge on any atom is 0.0408 e. The second-order valence-electron chi connectivity index (χ2n) is 3.92. The van der Waals surface area contributed by atoms with Gasteiger partial charge in [-0.2, -0.15) is 0 Å². The van der Waals surface area contributed by atoms with E-state index in [1.54, 1.807) is 0 Å². The highest BCUT2D eigenvalue weighted by atomic mass is 35.5. The Kier molecular flexibility index (Phi) is 6.16. The Morgan fingerprint density at radius 3 is 2.94 bits per heavy atom. The van der Waals surface area contributed by atoms with Gasteiger partial charge < -0.3 is 0 Å². The predicted octanol–water partition coefficient (Wildman–Crippen LogP) is 3.07. The van der Waals surface area contributed by atoms with Crippen molar-refractivity contribution >= 4 is 11.6 Å². The average molecular weight is 239 g/mol. The molecule has 0 aromatic heterocycles. The SMILES string of the molecule is C=CCCCC(Cc1cccc(Cl)c1)NN. The smallest absolute Gasteiger partial charge is 0.0408 e. The molecule has 0 aliphatic rings. The predicted molar refractivity (Wildman–Crippen MR) is 70.3 cm³/mol. The Labute approximate surface area is 102 Å². The van der Waals surface area contributed by atoms with Crippen molar-refractivity contribution in [3.05, 3.63) is 47.5 Å². The van der Waals surface area contributed by atoms with E-state index < -0.39 is 0 Å². The van der Waals surface area contributed by atoms with Gasteiger partial charge in [0, 0.05) is 11.1 Å². The van der Waals surface area contributed by atoms with E-state index in [1.807, 2.05) is 24.3 Å². The summed E-state index contributed by atoms with van der Waals surface area (Å²) in [5.74, 6) is 5.53. The number of halogens is 1. The number of rotatable bonds is 7. The van der Waals surface area contributed by atoms with Gasteiger partial charge in [0.1, 0.15) is 0 Å². The molecule has 1 aromatic rings. The van der Waals surface area contributed by atoms with E-state index in [9.17, 15) is 0 Å². The summed E-state index contributed by atoms with van der Waals surface area (Å²) in [6.45, 7) is 3.71. The van der Waals surface area contributed by atoms with E-state index in [0.717, 1.165) is 30.7 Å². The lowest BCUT2D eigenvalue weighted by atomic mass is 10.0. The number of unbranched alkanes of at least 4 members (excludes halogenated alkanes) is 1. The minimum atomic E-state index is 0.304. The molecule has 0 bridgehead atoms. The zero-order chi connectivity index (χ0) is 11.8. The molecule has 0 saturated heterocycles. The van der Waals surface area contributed by atoms with Crippen LogP contribution in [0.3, 0.4) is 0 Å². The molecule has 1 unspecified atom stereocenters. The van der Waals surface area contributed by atoms with Crippen LogP contribution in [0.1, 0.15) is 24.8 Å². The average Bonchev–Trinajstić information content (AvgIpc) is 2.28. The summed E-state index contributed by atoms with van der Waals surface area (Å²) in [4.78, 5) is 0. The second kappa shape index (κ2) is 7.44. The third-order valence-electron chi connectivity index (χ3n) is 2.57. The number of benzene rings is 1. The van der Waals surface area contributed by atoms with Crippen molar-refractivity contribution < 1.29 is 0 Å². The molecule has 0 aliphatic heterocycles. The monoisotopic (exact) mass is 238 g/mol. The molecule has 1 rings (SSSR count). The highest BCUT2D eigenvalue weighted by Gasteiger charge is 2.07. The third-order valence-corrected chi connectivity index (χ3v) is 2.80. The summed E-state index contributed by atoms with van der Waals surface area (Å²) < 4.78 is 0. The summed E-state index contributed by atoms with van der Waals surface area (Å²) in [7, 11) is 0. The standard InChI is InChI=1S/C13H19ClN2/c1-2-3-4-8-13(16-15)10-11-6-5-7-12(14)9-11/h2,5-7,9,13,16H,1,3-4,8,10,15H2. The first kappa shape index (κ1) is 13.2. The number of hydrogen-bond acceptors (Lipinski definition) is 2. The maximum atomic E-state index is 5.93. The van der Waals surface area contributed by atoms with Crippen LogP contribution in [0.4, 0.5) is 0 Å². The third kappa shape index (κ3) is 4.79. The van der Waals surface area contributed by atoms with Crippen molar-refractivity contribution in [2.75, 3.05) is 0 Å². The Hall–Kier alpha value is -0.830. The van der Waals surface area contributed by atoms with Crippen LogP contribution in [0, 0.1) is 0 Å². The Morgan fingerprint density at radius 2 is 2.31 bits per heavy atom. The fraction of sp³-hybridized carbons (Fsp3) is 0.385. The van der Waals surface area contributed by atoms with Crippen LogP contribution < -0.4 is 11.3 Å². The summed E-state index contributed by atoms with van der Waals surface area (Å²) in [5, 5.41) is 0.777. The number of nitrogens with two attached hydrogens (primary N) is 1. The largest absolute Gasteiger partial charge is 0.271 e. The maximum absolute atomic E-state index is 5.93. The van der Waals surface area contributed by atoms with Gasteiger partial charge in [-0.1, -0.05) is 29.8 Å². The molecule has 0 radical (unpaired) electrons. The van der Waals surface area contributed by atoms with Crippen LogP contribution in [0.15, 0.2) is 36.9 Å². The minimum absolute atomic E-state index is 0.304. The van der Waals surface area contributed by atoms with Crippen LogP contribution in [-0.4, -0.2) is 6.04 Å². The first-order valence-electron chi connectivity index (χ1n) is 5.57. The van der Waals surface area contributed by atoms with Crippen molar-refractivity contribution in [2.45, 2.75) is 31.7 Å². The van der Waals surface area contributed by atoms with Crippen molar-refractivity contribution in [1.82, 2.24) is 5.43 Å². The quantitative estimate of drug-likeness (QED) is 0.332. The minimum Gasteiger partial charge on any atom is -0.271 e. The molecule has 0 aliphatic carbocycles. The normalized spacial score (nSPS) is 12.4. The molecular formula is C13H19ClN2. The number of allylic oxidation sites excluding steroid dienone is 1. The Balaban J connectivity index is 2.46. The van der Waals surface area contributed by atoms with Crippen LogP contribution in [0.5, 0.6) is 0 Å². The molecular weight excluding hydrogens is 220 g/mol. The summed E-state index contributed by atoms with van der Waals surface area (Å²) >= 11 is 5.93. The van der Waals surface area contributed by atoms with Crippen molar-refractivity contribution in [2.24, 2.45) is 5.84 Å². The molecule has 3 N–H and O–H groups in total. The van der Waals surface area contributed by atoms with E-state index >= 15 is 0 Å². The van der Waals surface area contributed by atoms with E-state index in [1.165, 1.54) is 5.56 Å².